The average Bonchev–Trinajstić information content (AvgIpc) is 3.04. The van der Waals surface area contributed by atoms with Crippen LogP contribution in [0.15, 0.2) is 12.1 Å². The summed E-state index contributed by atoms with van der Waals surface area (Å²) in [4.78, 5) is 22.8. The zero-order chi connectivity index (χ0) is 12.6. The summed E-state index contributed by atoms with van der Waals surface area (Å²) in [6.45, 7) is 3.65. The minimum atomic E-state index is -1.01. The van der Waals surface area contributed by atoms with Gasteiger partial charge < -0.3 is 10.4 Å². The van der Waals surface area contributed by atoms with Crippen LogP contribution < -0.4 is 5.32 Å². The molecule has 0 saturated heterocycles. The van der Waals surface area contributed by atoms with E-state index in [1.807, 2.05) is 19.9 Å². The van der Waals surface area contributed by atoms with Gasteiger partial charge in [-0.3, -0.25) is 4.79 Å². The fourth-order valence-electron chi connectivity index (χ4n) is 1.87. The molecule has 1 amide bonds. The Morgan fingerprint density at radius 3 is 2.47 bits per heavy atom. The summed E-state index contributed by atoms with van der Waals surface area (Å²) in [7, 11) is 0. The maximum absolute atomic E-state index is 11.7. The molecule has 1 saturated carbocycles. The number of benzene rings is 1. The van der Waals surface area contributed by atoms with Crippen LogP contribution in [0.4, 0.5) is 5.69 Å². The minimum absolute atomic E-state index is 0.0670. The second-order valence-electron chi connectivity index (χ2n) is 4.57. The predicted octanol–water partition coefficient (Wildman–Crippen LogP) is 2.35. The van der Waals surface area contributed by atoms with Crippen LogP contribution >= 0.6 is 0 Å². The van der Waals surface area contributed by atoms with E-state index in [0.717, 1.165) is 24.0 Å². The molecule has 90 valence electrons. The van der Waals surface area contributed by atoms with Gasteiger partial charge in [0.05, 0.1) is 11.3 Å². The normalized spacial score (nSPS) is 14.5. The molecule has 0 atom stereocenters. The van der Waals surface area contributed by atoms with Crippen LogP contribution in [0.3, 0.4) is 0 Å². The lowest BCUT2D eigenvalue weighted by Gasteiger charge is -2.12. The van der Waals surface area contributed by atoms with E-state index in [4.69, 9.17) is 5.11 Å². The van der Waals surface area contributed by atoms with Gasteiger partial charge in [0.25, 0.3) is 0 Å². The summed E-state index contributed by atoms with van der Waals surface area (Å²) >= 11 is 0. The highest BCUT2D eigenvalue weighted by Crippen LogP contribution is 2.31. The van der Waals surface area contributed by atoms with Gasteiger partial charge in [-0.1, -0.05) is 6.07 Å². The number of rotatable bonds is 3. The minimum Gasteiger partial charge on any atom is -0.478 e. The summed E-state index contributed by atoms with van der Waals surface area (Å²) in [6, 6.07) is 3.45. The molecule has 2 N–H and O–H groups in total. The van der Waals surface area contributed by atoms with E-state index in [-0.39, 0.29) is 17.4 Å². The Morgan fingerprint density at radius 1 is 1.29 bits per heavy atom. The van der Waals surface area contributed by atoms with E-state index < -0.39 is 5.97 Å². The Kier molecular flexibility index (Phi) is 2.88. The van der Waals surface area contributed by atoms with E-state index in [0.29, 0.717) is 5.69 Å². The number of carboxylic acid groups (broad SMARTS) is 1. The average molecular weight is 233 g/mol. The van der Waals surface area contributed by atoms with Crippen LogP contribution in [0, 0.1) is 19.8 Å². The van der Waals surface area contributed by atoms with Gasteiger partial charge in [-0.05, 0) is 43.9 Å². The van der Waals surface area contributed by atoms with Crippen molar-refractivity contribution in [3.8, 4) is 0 Å². The smallest absolute Gasteiger partial charge is 0.337 e. The lowest BCUT2D eigenvalue weighted by Crippen LogP contribution is -2.17. The van der Waals surface area contributed by atoms with Crippen LogP contribution in [0.2, 0.25) is 0 Å². The van der Waals surface area contributed by atoms with Crippen LogP contribution in [-0.4, -0.2) is 17.0 Å². The predicted molar refractivity (Wildman–Crippen MR) is 64.2 cm³/mol. The number of nitrogens with one attached hydrogen (secondary N) is 1. The van der Waals surface area contributed by atoms with E-state index >= 15 is 0 Å². The van der Waals surface area contributed by atoms with Crippen LogP contribution in [0.1, 0.15) is 34.3 Å². The van der Waals surface area contributed by atoms with Crippen molar-refractivity contribution < 1.29 is 14.7 Å². The molecule has 4 heteroatoms. The first-order valence-corrected chi connectivity index (χ1v) is 5.64. The number of hydrogen-bond acceptors (Lipinski definition) is 2. The van der Waals surface area contributed by atoms with Gasteiger partial charge in [-0.25, -0.2) is 4.79 Å². The molecule has 1 fully saturated rings. The molecule has 1 aliphatic rings. The number of carboxylic acids is 1. The molecule has 1 aromatic rings. The molecule has 17 heavy (non-hydrogen) atoms. The molecular weight excluding hydrogens is 218 g/mol. The van der Waals surface area contributed by atoms with Crippen molar-refractivity contribution in [2.75, 3.05) is 5.32 Å². The zero-order valence-corrected chi connectivity index (χ0v) is 9.91. The number of aryl methyl sites for hydroxylation is 2. The summed E-state index contributed by atoms with van der Waals surface area (Å²) in [5.41, 5.74) is 2.26. The van der Waals surface area contributed by atoms with Crippen molar-refractivity contribution in [1.82, 2.24) is 0 Å². The Morgan fingerprint density at radius 2 is 1.94 bits per heavy atom. The number of amides is 1. The largest absolute Gasteiger partial charge is 0.478 e. The van der Waals surface area contributed by atoms with Crippen molar-refractivity contribution in [1.29, 1.82) is 0 Å². The Bertz CT molecular complexity index is 490. The summed E-state index contributed by atoms with van der Waals surface area (Å²) in [6.07, 6.45) is 1.80. The number of anilines is 1. The molecule has 0 radical (unpaired) electrons. The number of carbonyl (C=O) groups excluding carboxylic acids is 1. The van der Waals surface area contributed by atoms with Gasteiger partial charge in [-0.15, -0.1) is 0 Å². The van der Waals surface area contributed by atoms with Gasteiger partial charge in [0.15, 0.2) is 0 Å². The zero-order valence-electron chi connectivity index (χ0n) is 9.91. The Labute approximate surface area is 99.6 Å². The van der Waals surface area contributed by atoms with E-state index in [1.165, 1.54) is 0 Å². The Hall–Kier alpha value is -1.84. The third kappa shape index (κ3) is 2.46. The van der Waals surface area contributed by atoms with Crippen molar-refractivity contribution in [3.05, 3.63) is 28.8 Å². The second-order valence-corrected chi connectivity index (χ2v) is 4.57. The number of hydrogen-bond donors (Lipinski definition) is 2. The molecule has 2 rings (SSSR count). The molecule has 1 aliphatic carbocycles. The fraction of sp³-hybridized carbons (Fsp3) is 0.385. The first-order valence-electron chi connectivity index (χ1n) is 5.64. The van der Waals surface area contributed by atoms with Gasteiger partial charge in [-0.2, -0.15) is 0 Å². The number of carbonyl (C=O) groups is 2. The maximum atomic E-state index is 11.7. The Balaban J connectivity index is 2.36. The third-order valence-corrected chi connectivity index (χ3v) is 2.91. The topological polar surface area (TPSA) is 66.4 Å². The highest BCUT2D eigenvalue weighted by atomic mass is 16.4. The molecule has 0 unspecified atom stereocenters. The fourth-order valence-corrected chi connectivity index (χ4v) is 1.87. The van der Waals surface area contributed by atoms with Crippen LogP contribution in [0.5, 0.6) is 0 Å². The summed E-state index contributed by atoms with van der Waals surface area (Å²) in [5, 5.41) is 11.9. The summed E-state index contributed by atoms with van der Waals surface area (Å²) in [5.74, 6) is -1.01. The lowest BCUT2D eigenvalue weighted by atomic mass is 10.0. The van der Waals surface area contributed by atoms with Crippen LogP contribution in [-0.2, 0) is 4.79 Å². The SMILES string of the molecule is Cc1cc(C)c(NC(=O)C2CC2)c(C(=O)O)c1. The molecule has 1 aromatic carbocycles. The second kappa shape index (κ2) is 4.20. The monoisotopic (exact) mass is 233 g/mol. The van der Waals surface area contributed by atoms with Gasteiger partial charge in [0, 0.05) is 5.92 Å². The highest BCUT2D eigenvalue weighted by molar-refractivity contribution is 6.02. The quantitative estimate of drug-likeness (QED) is 0.842. The molecule has 0 aliphatic heterocycles. The third-order valence-electron chi connectivity index (χ3n) is 2.91. The van der Waals surface area contributed by atoms with E-state index in [9.17, 15) is 9.59 Å². The molecule has 0 heterocycles. The molecule has 0 bridgehead atoms. The van der Waals surface area contributed by atoms with Gasteiger partial charge >= 0.3 is 5.97 Å². The standard InChI is InChI=1S/C13H15NO3/c1-7-5-8(2)11(10(6-7)13(16)17)14-12(15)9-3-4-9/h5-6,9H,3-4H2,1-2H3,(H,14,15)(H,16,17). The van der Waals surface area contributed by atoms with Gasteiger partial charge in [0.1, 0.15) is 0 Å². The molecule has 4 nitrogen and oxygen atoms in total. The molecule has 0 spiro atoms. The lowest BCUT2D eigenvalue weighted by molar-refractivity contribution is -0.117. The van der Waals surface area contributed by atoms with Crippen molar-refractivity contribution in [2.45, 2.75) is 26.7 Å². The van der Waals surface area contributed by atoms with E-state index in [2.05, 4.69) is 5.32 Å². The van der Waals surface area contributed by atoms with E-state index in [1.54, 1.807) is 6.07 Å². The number of aromatic carboxylic acids is 1. The first-order chi connectivity index (χ1) is 7.99. The molecule has 0 aromatic heterocycles. The summed E-state index contributed by atoms with van der Waals surface area (Å²) < 4.78 is 0. The molecular formula is C13H15NO3. The highest BCUT2D eigenvalue weighted by Gasteiger charge is 2.30. The van der Waals surface area contributed by atoms with Crippen molar-refractivity contribution >= 4 is 17.6 Å². The van der Waals surface area contributed by atoms with Crippen molar-refractivity contribution in [3.63, 3.8) is 0 Å². The first kappa shape index (κ1) is 11.6. The van der Waals surface area contributed by atoms with Gasteiger partial charge in [0.2, 0.25) is 5.91 Å². The maximum Gasteiger partial charge on any atom is 0.337 e. The van der Waals surface area contributed by atoms with Crippen LogP contribution in [0.25, 0.3) is 0 Å². The van der Waals surface area contributed by atoms with Crippen molar-refractivity contribution in [2.24, 2.45) is 5.92 Å².